The smallest absolute Gasteiger partial charge is 0.311 e. The van der Waals surface area contributed by atoms with Crippen molar-refractivity contribution in [3.63, 3.8) is 0 Å². The van der Waals surface area contributed by atoms with E-state index in [2.05, 4.69) is 6.92 Å². The van der Waals surface area contributed by atoms with E-state index in [9.17, 15) is 9.59 Å². The second-order valence-electron chi connectivity index (χ2n) is 9.69. The number of carbonyl (C=O) groups is 2. The lowest BCUT2D eigenvalue weighted by Gasteiger charge is -2.28. The van der Waals surface area contributed by atoms with E-state index >= 15 is 0 Å². The van der Waals surface area contributed by atoms with Crippen LogP contribution in [-0.2, 0) is 16.0 Å². The van der Waals surface area contributed by atoms with Crippen molar-refractivity contribution < 1.29 is 28.5 Å². The van der Waals surface area contributed by atoms with Gasteiger partial charge in [0.15, 0.2) is 0 Å². The highest BCUT2D eigenvalue weighted by molar-refractivity contribution is 5.73. The standard InChI is InChI=1S/C31H42O6/c1-4-6-7-8-9-10-11-12-13-14-31(33)36-26-18-19-27(30(22-26)35-23(3)32)28-20-16-24-15-17-25(34-5-2)21-29(24)37-28/h15,17-19,21-22,28H,4-14,16,20H2,1-3H3. The van der Waals surface area contributed by atoms with E-state index in [0.717, 1.165) is 54.7 Å². The quantitative estimate of drug-likeness (QED) is 0.138. The molecule has 202 valence electrons. The topological polar surface area (TPSA) is 71.1 Å². The van der Waals surface area contributed by atoms with Gasteiger partial charge < -0.3 is 18.9 Å². The van der Waals surface area contributed by atoms with Crippen LogP contribution < -0.4 is 18.9 Å². The fourth-order valence-corrected chi connectivity index (χ4v) is 4.68. The summed E-state index contributed by atoms with van der Waals surface area (Å²) in [5.74, 6) is 1.56. The van der Waals surface area contributed by atoms with Crippen LogP contribution in [-0.4, -0.2) is 18.5 Å². The maximum absolute atomic E-state index is 12.4. The molecule has 0 radical (unpaired) electrons. The average molecular weight is 511 g/mol. The third kappa shape index (κ3) is 9.42. The lowest BCUT2D eigenvalue weighted by atomic mass is 9.96. The highest BCUT2D eigenvalue weighted by Crippen LogP contribution is 2.41. The Balaban J connectivity index is 1.55. The van der Waals surface area contributed by atoms with E-state index in [1.165, 1.54) is 45.4 Å². The van der Waals surface area contributed by atoms with Gasteiger partial charge >= 0.3 is 11.9 Å². The number of unbranched alkanes of at least 4 members (excludes halogenated alkanes) is 8. The molecule has 0 saturated heterocycles. The van der Waals surface area contributed by atoms with Crippen molar-refractivity contribution in [1.82, 2.24) is 0 Å². The van der Waals surface area contributed by atoms with Crippen molar-refractivity contribution in [2.75, 3.05) is 6.61 Å². The van der Waals surface area contributed by atoms with Crippen molar-refractivity contribution in [3.05, 3.63) is 47.5 Å². The molecule has 3 rings (SSSR count). The van der Waals surface area contributed by atoms with Gasteiger partial charge in [-0.2, -0.15) is 0 Å². The minimum atomic E-state index is -0.436. The molecule has 1 heterocycles. The van der Waals surface area contributed by atoms with Crippen molar-refractivity contribution >= 4 is 11.9 Å². The van der Waals surface area contributed by atoms with Gasteiger partial charge in [0.1, 0.15) is 29.1 Å². The Morgan fingerprint density at radius 2 is 1.57 bits per heavy atom. The minimum Gasteiger partial charge on any atom is -0.494 e. The van der Waals surface area contributed by atoms with Gasteiger partial charge in [-0.15, -0.1) is 0 Å². The van der Waals surface area contributed by atoms with Crippen molar-refractivity contribution in [3.8, 4) is 23.0 Å². The normalized spacial score (nSPS) is 14.4. The van der Waals surface area contributed by atoms with Crippen LogP contribution in [0.25, 0.3) is 0 Å². The van der Waals surface area contributed by atoms with Gasteiger partial charge in [0, 0.05) is 31.0 Å². The molecule has 2 aromatic carbocycles. The van der Waals surface area contributed by atoms with Crippen molar-refractivity contribution in [2.45, 2.75) is 104 Å². The molecule has 1 unspecified atom stereocenters. The van der Waals surface area contributed by atoms with Gasteiger partial charge in [0.2, 0.25) is 0 Å². The Morgan fingerprint density at radius 1 is 0.865 bits per heavy atom. The molecule has 0 N–H and O–H groups in total. The van der Waals surface area contributed by atoms with Crippen LogP contribution in [0.3, 0.4) is 0 Å². The molecular formula is C31H42O6. The molecule has 2 aromatic rings. The molecular weight excluding hydrogens is 468 g/mol. The Kier molecular flexibility index (Phi) is 11.8. The van der Waals surface area contributed by atoms with Crippen LogP contribution in [0.2, 0.25) is 0 Å². The summed E-state index contributed by atoms with van der Waals surface area (Å²) in [4.78, 5) is 24.2. The van der Waals surface area contributed by atoms with Crippen LogP contribution in [0.15, 0.2) is 36.4 Å². The largest absolute Gasteiger partial charge is 0.494 e. The highest BCUT2D eigenvalue weighted by atomic mass is 16.5. The van der Waals surface area contributed by atoms with Crippen LogP contribution in [0.4, 0.5) is 0 Å². The fourth-order valence-electron chi connectivity index (χ4n) is 4.68. The number of ether oxygens (including phenoxy) is 4. The second-order valence-corrected chi connectivity index (χ2v) is 9.69. The molecule has 0 fully saturated rings. The molecule has 0 aromatic heterocycles. The Labute approximate surface area is 221 Å². The Morgan fingerprint density at radius 3 is 2.27 bits per heavy atom. The summed E-state index contributed by atoms with van der Waals surface area (Å²) in [6.07, 6.45) is 12.4. The molecule has 1 atom stereocenters. The first-order valence-corrected chi connectivity index (χ1v) is 14.0. The van der Waals surface area contributed by atoms with Gasteiger partial charge in [-0.25, -0.2) is 0 Å². The van der Waals surface area contributed by atoms with Crippen LogP contribution in [0.1, 0.15) is 109 Å². The predicted octanol–water partition coefficient (Wildman–Crippen LogP) is 7.90. The Hall–Kier alpha value is -3.02. The number of hydrogen-bond acceptors (Lipinski definition) is 6. The number of aryl methyl sites for hydroxylation is 1. The van der Waals surface area contributed by atoms with Gasteiger partial charge in [0.05, 0.1) is 6.61 Å². The second kappa shape index (κ2) is 15.3. The number of fused-ring (bicyclic) bond motifs is 1. The molecule has 1 aliphatic rings. The van der Waals surface area contributed by atoms with E-state index in [0.29, 0.717) is 24.5 Å². The SMILES string of the molecule is CCCCCCCCCCCC(=O)Oc1ccc(C2CCc3ccc(OCC)cc3O2)c(OC(C)=O)c1. The molecule has 6 heteroatoms. The van der Waals surface area contributed by atoms with Crippen molar-refractivity contribution in [1.29, 1.82) is 0 Å². The third-order valence-electron chi connectivity index (χ3n) is 6.60. The number of esters is 2. The van der Waals surface area contributed by atoms with E-state index < -0.39 is 5.97 Å². The minimum absolute atomic E-state index is 0.268. The molecule has 6 nitrogen and oxygen atoms in total. The average Bonchev–Trinajstić information content (AvgIpc) is 2.87. The summed E-state index contributed by atoms with van der Waals surface area (Å²) in [5.41, 5.74) is 1.87. The number of hydrogen-bond donors (Lipinski definition) is 0. The zero-order chi connectivity index (χ0) is 26.5. The van der Waals surface area contributed by atoms with Gasteiger partial charge in [-0.3, -0.25) is 9.59 Å². The molecule has 1 aliphatic heterocycles. The number of benzene rings is 2. The Bertz CT molecular complexity index is 1010. The summed E-state index contributed by atoms with van der Waals surface area (Å²) >= 11 is 0. The van der Waals surface area contributed by atoms with Gasteiger partial charge in [0.25, 0.3) is 0 Å². The summed E-state index contributed by atoms with van der Waals surface area (Å²) < 4.78 is 22.9. The molecule has 0 spiro atoms. The van der Waals surface area contributed by atoms with Crippen LogP contribution in [0, 0.1) is 0 Å². The molecule has 0 aliphatic carbocycles. The summed E-state index contributed by atoms with van der Waals surface area (Å²) in [7, 11) is 0. The van der Waals surface area contributed by atoms with E-state index in [4.69, 9.17) is 18.9 Å². The zero-order valence-corrected chi connectivity index (χ0v) is 22.7. The zero-order valence-electron chi connectivity index (χ0n) is 22.7. The van der Waals surface area contributed by atoms with Crippen LogP contribution in [0.5, 0.6) is 23.0 Å². The molecule has 0 bridgehead atoms. The first kappa shape index (κ1) is 28.5. The van der Waals surface area contributed by atoms with E-state index in [1.54, 1.807) is 12.1 Å². The van der Waals surface area contributed by atoms with Gasteiger partial charge in [-0.1, -0.05) is 64.4 Å². The number of carbonyl (C=O) groups excluding carboxylic acids is 2. The fraction of sp³-hybridized carbons (Fsp3) is 0.548. The maximum atomic E-state index is 12.4. The molecule has 0 amide bonds. The summed E-state index contributed by atoms with van der Waals surface area (Å²) in [6.45, 7) is 6.11. The number of rotatable bonds is 15. The van der Waals surface area contributed by atoms with E-state index in [-0.39, 0.29) is 12.1 Å². The first-order valence-electron chi connectivity index (χ1n) is 14.0. The predicted molar refractivity (Wildman–Crippen MR) is 145 cm³/mol. The first-order chi connectivity index (χ1) is 18.0. The maximum Gasteiger partial charge on any atom is 0.311 e. The van der Waals surface area contributed by atoms with Crippen LogP contribution >= 0.6 is 0 Å². The summed E-state index contributed by atoms with van der Waals surface area (Å²) in [5, 5.41) is 0. The lowest BCUT2D eigenvalue weighted by molar-refractivity contribution is -0.134. The van der Waals surface area contributed by atoms with E-state index in [1.807, 2.05) is 31.2 Å². The molecule has 37 heavy (non-hydrogen) atoms. The summed E-state index contributed by atoms with van der Waals surface area (Å²) in [6, 6.07) is 11.1. The monoisotopic (exact) mass is 510 g/mol. The molecule has 0 saturated carbocycles. The van der Waals surface area contributed by atoms with Crippen molar-refractivity contribution in [2.24, 2.45) is 0 Å². The van der Waals surface area contributed by atoms with Gasteiger partial charge in [-0.05, 0) is 49.9 Å². The highest BCUT2D eigenvalue weighted by Gasteiger charge is 2.26. The lowest BCUT2D eigenvalue weighted by Crippen LogP contribution is -2.17. The third-order valence-corrected chi connectivity index (χ3v) is 6.60.